The van der Waals surface area contributed by atoms with Gasteiger partial charge in [-0.05, 0) is 35.9 Å². The molecule has 0 N–H and O–H groups in total. The Bertz CT molecular complexity index is 737. The van der Waals surface area contributed by atoms with E-state index in [1.54, 1.807) is 12.4 Å². The molecule has 1 aromatic heterocycles. The van der Waals surface area contributed by atoms with Gasteiger partial charge in [-0.15, -0.1) is 0 Å². The molecule has 0 fully saturated rings. The summed E-state index contributed by atoms with van der Waals surface area (Å²) in [4.78, 5) is 14.8. The van der Waals surface area contributed by atoms with E-state index in [2.05, 4.69) is 4.98 Å². The zero-order chi connectivity index (χ0) is 14.5. The summed E-state index contributed by atoms with van der Waals surface area (Å²) in [5.74, 6) is 1.57. The normalized spacial score (nSPS) is 10.1. The molecule has 0 bridgehead atoms. The van der Waals surface area contributed by atoms with Gasteiger partial charge in [0, 0.05) is 23.5 Å². The number of rotatable bonds is 4. The Balaban J connectivity index is 1.82. The highest BCUT2D eigenvalue weighted by molar-refractivity contribution is 5.78. The summed E-state index contributed by atoms with van der Waals surface area (Å²) < 4.78 is 5.74. The minimum absolute atomic E-state index is 0.567. The van der Waals surface area contributed by atoms with Crippen LogP contribution in [0.2, 0.25) is 0 Å². The fourth-order valence-corrected chi connectivity index (χ4v) is 2.02. The molecule has 0 spiro atoms. The van der Waals surface area contributed by atoms with E-state index in [-0.39, 0.29) is 0 Å². The van der Waals surface area contributed by atoms with E-state index in [4.69, 9.17) is 4.74 Å². The lowest BCUT2D eigenvalue weighted by atomic mass is 10.1. The summed E-state index contributed by atoms with van der Waals surface area (Å²) in [7, 11) is 0. The van der Waals surface area contributed by atoms with Gasteiger partial charge >= 0.3 is 0 Å². The Morgan fingerprint density at radius 3 is 2.24 bits per heavy atom. The lowest BCUT2D eigenvalue weighted by molar-refractivity contribution is 0.112. The van der Waals surface area contributed by atoms with Crippen molar-refractivity contribution < 1.29 is 9.53 Å². The van der Waals surface area contributed by atoms with Gasteiger partial charge in [-0.25, -0.2) is 0 Å². The first-order chi connectivity index (χ1) is 10.3. The second-order valence-corrected chi connectivity index (χ2v) is 4.56. The van der Waals surface area contributed by atoms with E-state index in [1.807, 2.05) is 60.7 Å². The van der Waals surface area contributed by atoms with E-state index >= 15 is 0 Å². The number of nitrogens with zero attached hydrogens (tertiary/aromatic N) is 1. The van der Waals surface area contributed by atoms with Crippen LogP contribution in [0.4, 0.5) is 0 Å². The summed E-state index contributed by atoms with van der Waals surface area (Å²) in [6, 6.07) is 19.1. The lowest BCUT2D eigenvalue weighted by Crippen LogP contribution is -1.87. The van der Waals surface area contributed by atoms with Crippen molar-refractivity contribution in [2.75, 3.05) is 0 Å². The lowest BCUT2D eigenvalue weighted by Gasteiger charge is -2.07. The van der Waals surface area contributed by atoms with Crippen molar-refractivity contribution in [3.63, 3.8) is 0 Å². The van der Waals surface area contributed by atoms with Crippen molar-refractivity contribution in [3.05, 3.63) is 78.6 Å². The van der Waals surface area contributed by atoms with E-state index in [0.717, 1.165) is 28.9 Å². The third-order valence-electron chi connectivity index (χ3n) is 3.06. The second kappa shape index (κ2) is 6.01. The summed E-state index contributed by atoms with van der Waals surface area (Å²) in [6.45, 7) is 0. The summed E-state index contributed by atoms with van der Waals surface area (Å²) in [5.41, 5.74) is 2.47. The average molecular weight is 275 g/mol. The predicted molar refractivity (Wildman–Crippen MR) is 81.6 cm³/mol. The number of benzene rings is 2. The van der Waals surface area contributed by atoms with Gasteiger partial charge in [0.25, 0.3) is 0 Å². The number of aldehydes is 1. The third-order valence-corrected chi connectivity index (χ3v) is 3.06. The Labute approximate surface area is 122 Å². The average Bonchev–Trinajstić information content (AvgIpc) is 2.56. The highest BCUT2D eigenvalue weighted by atomic mass is 16.5. The number of hydrogen-bond acceptors (Lipinski definition) is 3. The Morgan fingerprint density at radius 1 is 0.810 bits per heavy atom. The molecule has 3 heteroatoms. The first kappa shape index (κ1) is 13.1. The van der Waals surface area contributed by atoms with Crippen molar-refractivity contribution in [2.45, 2.75) is 0 Å². The number of ether oxygens (including phenoxy) is 1. The molecule has 0 atom stereocenters. The van der Waals surface area contributed by atoms with Crippen molar-refractivity contribution in [1.82, 2.24) is 4.98 Å². The first-order valence-corrected chi connectivity index (χ1v) is 6.59. The van der Waals surface area contributed by atoms with Crippen LogP contribution in [0.25, 0.3) is 11.1 Å². The highest BCUT2D eigenvalue weighted by Gasteiger charge is 2.01. The largest absolute Gasteiger partial charge is 0.457 e. The molecule has 0 aliphatic carbocycles. The molecule has 1 heterocycles. The minimum atomic E-state index is 0.567. The Hall–Kier alpha value is -2.94. The van der Waals surface area contributed by atoms with Gasteiger partial charge in [0.2, 0.25) is 0 Å². The monoisotopic (exact) mass is 275 g/mol. The molecule has 3 rings (SSSR count). The molecule has 0 aliphatic heterocycles. The molecule has 0 saturated carbocycles. The zero-order valence-corrected chi connectivity index (χ0v) is 11.3. The fraction of sp³-hybridized carbons (Fsp3) is 0. The van der Waals surface area contributed by atoms with Crippen LogP contribution in [0.3, 0.4) is 0 Å². The number of pyridine rings is 1. The van der Waals surface area contributed by atoms with Crippen LogP contribution in [0, 0.1) is 0 Å². The van der Waals surface area contributed by atoms with Crippen LogP contribution < -0.4 is 4.74 Å². The van der Waals surface area contributed by atoms with Crippen molar-refractivity contribution >= 4 is 6.29 Å². The summed E-state index contributed by atoms with van der Waals surface area (Å²) in [6.07, 6.45) is 4.08. The van der Waals surface area contributed by atoms with Crippen LogP contribution >= 0.6 is 0 Å². The van der Waals surface area contributed by atoms with Crippen LogP contribution in [0.1, 0.15) is 10.4 Å². The van der Waals surface area contributed by atoms with E-state index in [9.17, 15) is 4.79 Å². The molecule has 21 heavy (non-hydrogen) atoms. The van der Waals surface area contributed by atoms with Gasteiger partial charge in [-0.2, -0.15) is 0 Å². The number of aromatic nitrogens is 1. The molecular weight excluding hydrogens is 262 g/mol. The molecule has 3 aromatic rings. The molecule has 0 radical (unpaired) electrons. The molecule has 102 valence electrons. The zero-order valence-electron chi connectivity index (χ0n) is 11.3. The van der Waals surface area contributed by atoms with Gasteiger partial charge in [-0.1, -0.05) is 30.3 Å². The molecular formula is C18H13NO2. The molecule has 0 unspecified atom stereocenters. The van der Waals surface area contributed by atoms with Gasteiger partial charge < -0.3 is 4.74 Å². The molecule has 2 aromatic carbocycles. The Kier molecular flexibility index (Phi) is 3.74. The number of carbonyl (C=O) groups excluding carboxylic acids is 1. The standard InChI is InChI=1S/C18H13NO2/c20-13-14-10-16(12-19-11-14)15-6-8-18(9-7-15)21-17-4-2-1-3-5-17/h1-13H. The molecule has 0 saturated heterocycles. The maximum absolute atomic E-state index is 10.8. The summed E-state index contributed by atoms with van der Waals surface area (Å²) >= 11 is 0. The second-order valence-electron chi connectivity index (χ2n) is 4.56. The number of para-hydroxylation sites is 1. The van der Waals surface area contributed by atoms with E-state index in [0.29, 0.717) is 5.56 Å². The first-order valence-electron chi connectivity index (χ1n) is 6.59. The van der Waals surface area contributed by atoms with Crippen LogP contribution in [0.15, 0.2) is 73.1 Å². The van der Waals surface area contributed by atoms with Crippen LogP contribution in [0.5, 0.6) is 11.5 Å². The number of hydrogen-bond donors (Lipinski definition) is 0. The van der Waals surface area contributed by atoms with Crippen molar-refractivity contribution in [2.24, 2.45) is 0 Å². The minimum Gasteiger partial charge on any atom is -0.457 e. The van der Waals surface area contributed by atoms with Crippen molar-refractivity contribution in [1.29, 1.82) is 0 Å². The van der Waals surface area contributed by atoms with Gasteiger partial charge in [0.1, 0.15) is 11.5 Å². The van der Waals surface area contributed by atoms with Crippen LogP contribution in [-0.2, 0) is 0 Å². The van der Waals surface area contributed by atoms with Crippen molar-refractivity contribution in [3.8, 4) is 22.6 Å². The van der Waals surface area contributed by atoms with E-state index in [1.165, 1.54) is 0 Å². The van der Waals surface area contributed by atoms with Gasteiger partial charge in [-0.3, -0.25) is 9.78 Å². The predicted octanol–water partition coefficient (Wildman–Crippen LogP) is 4.35. The van der Waals surface area contributed by atoms with Gasteiger partial charge in [0.15, 0.2) is 6.29 Å². The number of carbonyl (C=O) groups is 1. The van der Waals surface area contributed by atoms with E-state index < -0.39 is 0 Å². The summed E-state index contributed by atoms with van der Waals surface area (Å²) in [5, 5.41) is 0. The SMILES string of the molecule is O=Cc1cncc(-c2ccc(Oc3ccccc3)cc2)c1. The maximum atomic E-state index is 10.8. The molecule has 0 aliphatic rings. The maximum Gasteiger partial charge on any atom is 0.151 e. The topological polar surface area (TPSA) is 39.2 Å². The Morgan fingerprint density at radius 2 is 1.52 bits per heavy atom. The third kappa shape index (κ3) is 3.15. The van der Waals surface area contributed by atoms with Crippen LogP contribution in [-0.4, -0.2) is 11.3 Å². The smallest absolute Gasteiger partial charge is 0.151 e. The molecule has 3 nitrogen and oxygen atoms in total. The van der Waals surface area contributed by atoms with Gasteiger partial charge in [0.05, 0.1) is 0 Å². The highest BCUT2D eigenvalue weighted by Crippen LogP contribution is 2.25. The molecule has 0 amide bonds. The fourth-order valence-electron chi connectivity index (χ4n) is 2.02. The quantitative estimate of drug-likeness (QED) is 0.664.